The van der Waals surface area contributed by atoms with E-state index in [-0.39, 0.29) is 5.78 Å². The second-order valence-electron chi connectivity index (χ2n) is 4.17. The highest BCUT2D eigenvalue weighted by Gasteiger charge is 2.20. The topological polar surface area (TPSA) is 17.1 Å². The fourth-order valence-corrected chi connectivity index (χ4v) is 2.88. The normalized spacial score (nSPS) is 17.2. The Morgan fingerprint density at radius 2 is 1.94 bits per heavy atom. The number of hydrogen-bond donors (Lipinski definition) is 0. The second-order valence-corrected chi connectivity index (χ2v) is 5.15. The van der Waals surface area contributed by atoms with Gasteiger partial charge in [-0.1, -0.05) is 30.3 Å². The Kier molecular flexibility index (Phi) is 2.65. The summed E-state index contributed by atoms with van der Waals surface area (Å²) in [6, 6.07) is 12.0. The first-order valence-corrected chi connectivity index (χ1v) is 6.59. The van der Waals surface area contributed by atoms with Crippen LogP contribution in [0.25, 0.3) is 6.08 Å². The van der Waals surface area contributed by atoms with Gasteiger partial charge in [0.05, 0.1) is 0 Å². The van der Waals surface area contributed by atoms with E-state index in [9.17, 15) is 4.79 Å². The third kappa shape index (κ3) is 1.96. The van der Waals surface area contributed by atoms with Crippen LogP contribution in [0.4, 0.5) is 0 Å². The lowest BCUT2D eigenvalue weighted by atomic mass is 9.86. The van der Waals surface area contributed by atoms with E-state index >= 15 is 0 Å². The van der Waals surface area contributed by atoms with Gasteiger partial charge in [-0.05, 0) is 35.9 Å². The fourth-order valence-electron chi connectivity index (χ4n) is 2.20. The van der Waals surface area contributed by atoms with Crippen molar-refractivity contribution in [1.82, 2.24) is 0 Å². The van der Waals surface area contributed by atoms with Crippen molar-refractivity contribution in [2.75, 3.05) is 0 Å². The summed E-state index contributed by atoms with van der Waals surface area (Å²) in [5, 5.41) is 2.04. The molecule has 2 aromatic rings. The molecule has 1 heterocycles. The quantitative estimate of drug-likeness (QED) is 0.689. The van der Waals surface area contributed by atoms with Crippen LogP contribution in [0.15, 0.2) is 47.4 Å². The van der Waals surface area contributed by atoms with Gasteiger partial charge in [-0.3, -0.25) is 4.79 Å². The average molecular weight is 240 g/mol. The first-order valence-electron chi connectivity index (χ1n) is 5.71. The van der Waals surface area contributed by atoms with Crippen molar-refractivity contribution in [3.8, 4) is 0 Å². The molecule has 0 saturated heterocycles. The molecule has 84 valence electrons. The second kappa shape index (κ2) is 4.30. The zero-order chi connectivity index (χ0) is 11.7. The maximum absolute atomic E-state index is 12.3. The molecule has 0 bridgehead atoms. The number of allylic oxidation sites excluding steroid dienone is 1. The van der Waals surface area contributed by atoms with Gasteiger partial charge in [0.15, 0.2) is 5.78 Å². The van der Waals surface area contributed by atoms with E-state index in [0.717, 1.165) is 28.9 Å². The largest absolute Gasteiger partial charge is 0.289 e. The maximum atomic E-state index is 12.3. The third-order valence-corrected chi connectivity index (χ3v) is 3.90. The van der Waals surface area contributed by atoms with Gasteiger partial charge in [-0.25, -0.2) is 0 Å². The SMILES string of the molecule is O=C1/C(=C\c2cccs2)CCc2ccccc21. The molecule has 0 saturated carbocycles. The van der Waals surface area contributed by atoms with Crippen molar-refractivity contribution in [1.29, 1.82) is 0 Å². The molecule has 3 rings (SSSR count). The highest BCUT2D eigenvalue weighted by Crippen LogP contribution is 2.27. The number of benzene rings is 1. The molecule has 0 amide bonds. The van der Waals surface area contributed by atoms with Gasteiger partial charge in [0.25, 0.3) is 0 Å². The fraction of sp³-hybridized carbons (Fsp3) is 0.133. The number of Topliss-reactive ketones (excluding diaryl/α,β-unsaturated/α-hetero) is 1. The van der Waals surface area contributed by atoms with Gasteiger partial charge in [0.2, 0.25) is 0 Å². The molecule has 2 heteroatoms. The lowest BCUT2D eigenvalue weighted by Crippen LogP contribution is -2.13. The highest BCUT2D eigenvalue weighted by molar-refractivity contribution is 7.10. The summed E-state index contributed by atoms with van der Waals surface area (Å²) in [7, 11) is 0. The van der Waals surface area contributed by atoms with Crippen molar-refractivity contribution >= 4 is 23.2 Å². The summed E-state index contributed by atoms with van der Waals surface area (Å²) in [5.41, 5.74) is 2.99. The summed E-state index contributed by atoms with van der Waals surface area (Å²) >= 11 is 1.67. The lowest BCUT2D eigenvalue weighted by Gasteiger charge is -2.16. The van der Waals surface area contributed by atoms with Crippen LogP contribution >= 0.6 is 11.3 Å². The van der Waals surface area contributed by atoms with E-state index in [0.29, 0.717) is 0 Å². The molecule has 1 aromatic carbocycles. The van der Waals surface area contributed by atoms with Gasteiger partial charge in [-0.15, -0.1) is 11.3 Å². The standard InChI is InChI=1S/C15H12OS/c16-15-12(10-13-5-3-9-17-13)8-7-11-4-1-2-6-14(11)15/h1-6,9-10H,7-8H2/b12-10-. The summed E-state index contributed by atoms with van der Waals surface area (Å²) in [5.74, 6) is 0.195. The van der Waals surface area contributed by atoms with Gasteiger partial charge < -0.3 is 0 Å². The molecule has 0 unspecified atom stereocenters. The minimum Gasteiger partial charge on any atom is -0.289 e. The van der Waals surface area contributed by atoms with Crippen LogP contribution in [-0.4, -0.2) is 5.78 Å². The lowest BCUT2D eigenvalue weighted by molar-refractivity contribution is 0.102. The molecular formula is C15H12OS. The Bertz CT molecular complexity index is 579. The molecule has 1 aromatic heterocycles. The molecule has 0 fully saturated rings. The van der Waals surface area contributed by atoms with Crippen molar-refractivity contribution in [2.24, 2.45) is 0 Å². The molecule has 0 radical (unpaired) electrons. The van der Waals surface area contributed by atoms with Crippen molar-refractivity contribution < 1.29 is 4.79 Å². The number of thiophene rings is 1. The van der Waals surface area contributed by atoms with Crippen molar-refractivity contribution in [2.45, 2.75) is 12.8 Å². The highest BCUT2D eigenvalue weighted by atomic mass is 32.1. The molecule has 0 aliphatic heterocycles. The van der Waals surface area contributed by atoms with Crippen molar-refractivity contribution in [3.63, 3.8) is 0 Å². The Morgan fingerprint density at radius 1 is 1.06 bits per heavy atom. The number of fused-ring (bicyclic) bond motifs is 1. The van der Waals surface area contributed by atoms with Crippen LogP contribution in [0.3, 0.4) is 0 Å². The van der Waals surface area contributed by atoms with Crippen LogP contribution in [0.5, 0.6) is 0 Å². The molecule has 0 N–H and O–H groups in total. The predicted molar refractivity (Wildman–Crippen MR) is 71.4 cm³/mol. The number of carbonyl (C=O) groups excluding carboxylic acids is 1. The van der Waals surface area contributed by atoms with Gasteiger partial charge in [0.1, 0.15) is 0 Å². The summed E-state index contributed by atoms with van der Waals surface area (Å²) in [6.07, 6.45) is 3.86. The summed E-state index contributed by atoms with van der Waals surface area (Å²) in [4.78, 5) is 13.4. The van der Waals surface area contributed by atoms with E-state index in [1.54, 1.807) is 11.3 Å². The Labute approximate surface area is 104 Å². The smallest absolute Gasteiger partial charge is 0.189 e. The van der Waals surface area contributed by atoms with E-state index in [2.05, 4.69) is 6.07 Å². The number of ketones is 1. The number of carbonyl (C=O) groups is 1. The number of hydrogen-bond acceptors (Lipinski definition) is 2. The summed E-state index contributed by atoms with van der Waals surface area (Å²) in [6.45, 7) is 0. The molecule has 17 heavy (non-hydrogen) atoms. The maximum Gasteiger partial charge on any atom is 0.189 e. The minimum atomic E-state index is 0.195. The number of rotatable bonds is 1. The van der Waals surface area contributed by atoms with E-state index in [1.165, 1.54) is 5.56 Å². The Hall–Kier alpha value is -1.67. The van der Waals surface area contributed by atoms with Crippen LogP contribution in [0.1, 0.15) is 27.2 Å². The molecule has 0 spiro atoms. The number of aryl methyl sites for hydroxylation is 1. The molecular weight excluding hydrogens is 228 g/mol. The Morgan fingerprint density at radius 3 is 2.76 bits per heavy atom. The monoisotopic (exact) mass is 240 g/mol. The minimum absolute atomic E-state index is 0.195. The molecule has 1 aliphatic carbocycles. The van der Waals surface area contributed by atoms with Crippen LogP contribution in [0, 0.1) is 0 Å². The average Bonchev–Trinajstić information content (AvgIpc) is 2.86. The van der Waals surface area contributed by atoms with Gasteiger partial charge in [-0.2, -0.15) is 0 Å². The van der Waals surface area contributed by atoms with Gasteiger partial charge in [0, 0.05) is 16.0 Å². The first-order chi connectivity index (χ1) is 8.34. The van der Waals surface area contributed by atoms with Gasteiger partial charge >= 0.3 is 0 Å². The third-order valence-electron chi connectivity index (χ3n) is 3.08. The predicted octanol–water partition coefficient (Wildman–Crippen LogP) is 3.96. The van der Waals surface area contributed by atoms with Crippen LogP contribution in [-0.2, 0) is 6.42 Å². The van der Waals surface area contributed by atoms with Crippen LogP contribution < -0.4 is 0 Å². The summed E-state index contributed by atoms with van der Waals surface area (Å²) < 4.78 is 0. The zero-order valence-electron chi connectivity index (χ0n) is 9.35. The van der Waals surface area contributed by atoms with E-state index < -0.39 is 0 Å². The zero-order valence-corrected chi connectivity index (χ0v) is 10.2. The van der Waals surface area contributed by atoms with E-state index in [1.807, 2.05) is 41.8 Å². The van der Waals surface area contributed by atoms with Crippen LogP contribution in [0.2, 0.25) is 0 Å². The van der Waals surface area contributed by atoms with Crippen molar-refractivity contribution in [3.05, 3.63) is 63.4 Å². The van der Waals surface area contributed by atoms with E-state index in [4.69, 9.17) is 0 Å². The Balaban J connectivity index is 2.00. The molecule has 1 nitrogen and oxygen atoms in total. The molecule has 0 atom stereocenters. The molecule has 1 aliphatic rings. The first kappa shape index (κ1) is 10.5.